The average Bonchev–Trinajstić information content (AvgIpc) is 2.91. The first-order valence-electron chi connectivity index (χ1n) is 15.0. The number of ether oxygens (including phenoxy) is 4. The number of fused-ring (bicyclic) bond motifs is 3. The van der Waals surface area contributed by atoms with Crippen LogP contribution in [-0.4, -0.2) is 48.3 Å². The maximum Gasteiger partial charge on any atom is 0.331 e. The Bertz CT molecular complexity index is 1340. The standard InChI is InChI=1S/C35H44O8/c1-20-27-18-26-19-29(40-22(3)36)21(2)31(34(26,6)7)32(41-23(4)37)33(42-24(5)38)35(27,8)17-16-28(20)43-30(39)15-14-25-12-10-9-11-13-25/h9-15,26-29,32-33H,1,16-19H2,2-8H3/b15-14+/t26-,27-,28?,29?,32?,33?,35-/m1/s1. The highest BCUT2D eigenvalue weighted by atomic mass is 16.6. The topological polar surface area (TPSA) is 105 Å². The molecular formula is C35H44O8. The van der Waals surface area contributed by atoms with Crippen LogP contribution in [0, 0.1) is 22.7 Å². The summed E-state index contributed by atoms with van der Waals surface area (Å²) in [6, 6.07) is 9.50. The zero-order valence-corrected chi connectivity index (χ0v) is 26.3. The van der Waals surface area contributed by atoms with E-state index in [0.717, 1.165) is 22.3 Å². The molecule has 8 nitrogen and oxygen atoms in total. The number of hydrogen-bond donors (Lipinski definition) is 0. The van der Waals surface area contributed by atoms with E-state index < -0.39 is 59.1 Å². The summed E-state index contributed by atoms with van der Waals surface area (Å²) in [5.74, 6) is -2.11. The quantitative estimate of drug-likeness (QED) is 0.168. The van der Waals surface area contributed by atoms with Crippen molar-refractivity contribution in [1.82, 2.24) is 0 Å². The van der Waals surface area contributed by atoms with E-state index in [1.165, 1.54) is 26.8 Å². The van der Waals surface area contributed by atoms with Crippen molar-refractivity contribution in [3.63, 3.8) is 0 Å². The fourth-order valence-electron chi connectivity index (χ4n) is 7.66. The molecule has 0 aliphatic heterocycles. The van der Waals surface area contributed by atoms with E-state index in [4.69, 9.17) is 18.9 Å². The predicted octanol–water partition coefficient (Wildman–Crippen LogP) is 6.15. The van der Waals surface area contributed by atoms with Crippen LogP contribution in [0.4, 0.5) is 0 Å². The third-order valence-corrected chi connectivity index (χ3v) is 9.82. The van der Waals surface area contributed by atoms with Crippen LogP contribution in [0.2, 0.25) is 0 Å². The Hall–Kier alpha value is -3.68. The van der Waals surface area contributed by atoms with Gasteiger partial charge in [-0.15, -0.1) is 0 Å². The van der Waals surface area contributed by atoms with Crippen LogP contribution in [0.3, 0.4) is 0 Å². The minimum Gasteiger partial charge on any atom is -0.458 e. The van der Waals surface area contributed by atoms with Gasteiger partial charge in [-0.25, -0.2) is 4.79 Å². The second-order valence-electron chi connectivity index (χ2n) is 13.0. The highest BCUT2D eigenvalue weighted by Crippen LogP contribution is 2.60. The highest BCUT2D eigenvalue weighted by molar-refractivity contribution is 5.87. The predicted molar refractivity (Wildman–Crippen MR) is 161 cm³/mol. The molecule has 1 aromatic rings. The first kappa shape index (κ1) is 32.2. The van der Waals surface area contributed by atoms with Gasteiger partial charge in [0, 0.05) is 32.3 Å². The summed E-state index contributed by atoms with van der Waals surface area (Å²) >= 11 is 0. The highest BCUT2D eigenvalue weighted by Gasteiger charge is 2.60. The molecule has 2 bridgehead atoms. The number of carbonyl (C=O) groups excluding carboxylic acids is 4. The summed E-state index contributed by atoms with van der Waals surface area (Å²) < 4.78 is 23.9. The minimum atomic E-state index is -0.897. The molecular weight excluding hydrogens is 548 g/mol. The van der Waals surface area contributed by atoms with Gasteiger partial charge in [-0.05, 0) is 78.2 Å². The molecule has 232 valence electrons. The smallest absolute Gasteiger partial charge is 0.331 e. The summed E-state index contributed by atoms with van der Waals surface area (Å²) in [5.41, 5.74) is 2.08. The fourth-order valence-corrected chi connectivity index (χ4v) is 7.66. The minimum absolute atomic E-state index is 0.000360. The number of benzene rings is 1. The average molecular weight is 593 g/mol. The van der Waals surface area contributed by atoms with Crippen molar-refractivity contribution in [2.75, 3.05) is 0 Å². The van der Waals surface area contributed by atoms with Crippen molar-refractivity contribution in [3.05, 3.63) is 65.3 Å². The van der Waals surface area contributed by atoms with Gasteiger partial charge in [0.1, 0.15) is 18.3 Å². The van der Waals surface area contributed by atoms with E-state index >= 15 is 0 Å². The summed E-state index contributed by atoms with van der Waals surface area (Å²) in [4.78, 5) is 50.2. The normalized spacial score (nSPS) is 31.7. The molecule has 0 heterocycles. The molecule has 0 aromatic heterocycles. The summed E-state index contributed by atoms with van der Waals surface area (Å²) in [7, 11) is 0. The molecule has 7 atom stereocenters. The lowest BCUT2D eigenvalue weighted by molar-refractivity contribution is -0.187. The van der Waals surface area contributed by atoms with Crippen molar-refractivity contribution < 1.29 is 38.1 Å². The molecule has 0 spiro atoms. The Morgan fingerprint density at radius 1 is 0.860 bits per heavy atom. The van der Waals surface area contributed by atoms with E-state index in [0.29, 0.717) is 25.7 Å². The van der Waals surface area contributed by atoms with Crippen LogP contribution in [0.1, 0.15) is 79.7 Å². The van der Waals surface area contributed by atoms with Gasteiger partial charge in [-0.3, -0.25) is 14.4 Å². The summed E-state index contributed by atoms with van der Waals surface area (Å²) in [6.45, 7) is 16.7. The van der Waals surface area contributed by atoms with Crippen LogP contribution in [0.25, 0.3) is 6.08 Å². The number of hydrogen-bond acceptors (Lipinski definition) is 8. The fraction of sp³-hybridized carbons (Fsp3) is 0.543. The van der Waals surface area contributed by atoms with Crippen LogP contribution in [0.15, 0.2) is 59.7 Å². The second-order valence-corrected chi connectivity index (χ2v) is 13.0. The monoisotopic (exact) mass is 592 g/mol. The molecule has 0 radical (unpaired) electrons. The lowest BCUT2D eigenvalue weighted by Gasteiger charge is -2.58. The Labute approximate surface area is 254 Å². The van der Waals surface area contributed by atoms with Gasteiger partial charge in [0.15, 0.2) is 6.10 Å². The van der Waals surface area contributed by atoms with Crippen molar-refractivity contribution in [3.8, 4) is 0 Å². The van der Waals surface area contributed by atoms with Gasteiger partial charge < -0.3 is 18.9 Å². The van der Waals surface area contributed by atoms with E-state index in [9.17, 15) is 19.2 Å². The molecule has 0 saturated heterocycles. The molecule has 2 fully saturated rings. The Kier molecular flexibility index (Phi) is 9.38. The molecule has 8 heteroatoms. The zero-order valence-electron chi connectivity index (χ0n) is 26.3. The van der Waals surface area contributed by atoms with E-state index in [2.05, 4.69) is 20.4 Å². The number of rotatable bonds is 6. The van der Waals surface area contributed by atoms with Gasteiger partial charge in [0.05, 0.1) is 0 Å². The van der Waals surface area contributed by atoms with E-state index in [-0.39, 0.29) is 11.8 Å². The molecule has 2 saturated carbocycles. The Morgan fingerprint density at radius 3 is 2.09 bits per heavy atom. The lowest BCUT2D eigenvalue weighted by Crippen LogP contribution is -2.59. The zero-order chi connectivity index (χ0) is 31.7. The third kappa shape index (κ3) is 6.63. The van der Waals surface area contributed by atoms with Crippen LogP contribution in [0.5, 0.6) is 0 Å². The van der Waals surface area contributed by atoms with Gasteiger partial charge in [0.2, 0.25) is 0 Å². The molecule has 3 aliphatic rings. The molecule has 43 heavy (non-hydrogen) atoms. The van der Waals surface area contributed by atoms with E-state index in [1.54, 1.807) is 6.08 Å². The van der Waals surface area contributed by atoms with Crippen LogP contribution < -0.4 is 0 Å². The van der Waals surface area contributed by atoms with E-state index in [1.807, 2.05) is 44.2 Å². The lowest BCUT2D eigenvalue weighted by atomic mass is 9.50. The number of esters is 4. The SMILES string of the molecule is C=C1C(OC(=O)/C=C/c2ccccc2)CC[C@@]2(C)C(OC(C)=O)C(OC(C)=O)C3=C(C)C(OC(C)=O)C[C@@H](C[C@H]12)C3(C)C. The Morgan fingerprint density at radius 2 is 1.49 bits per heavy atom. The van der Waals surface area contributed by atoms with Gasteiger partial charge >= 0.3 is 23.9 Å². The largest absolute Gasteiger partial charge is 0.458 e. The maximum atomic E-state index is 12.9. The van der Waals surface area contributed by atoms with Crippen LogP contribution in [-0.2, 0) is 38.1 Å². The van der Waals surface area contributed by atoms with Crippen molar-refractivity contribution in [1.29, 1.82) is 0 Å². The summed E-state index contributed by atoms with van der Waals surface area (Å²) in [5, 5.41) is 0. The molecule has 3 aliphatic carbocycles. The van der Waals surface area contributed by atoms with Crippen molar-refractivity contribution in [2.24, 2.45) is 22.7 Å². The molecule has 0 amide bonds. The van der Waals surface area contributed by atoms with Gasteiger partial charge in [-0.2, -0.15) is 0 Å². The molecule has 4 unspecified atom stereocenters. The van der Waals surface area contributed by atoms with Crippen molar-refractivity contribution in [2.45, 2.75) is 98.6 Å². The number of carbonyl (C=O) groups is 4. The van der Waals surface area contributed by atoms with Gasteiger partial charge in [0.25, 0.3) is 0 Å². The van der Waals surface area contributed by atoms with Crippen LogP contribution >= 0.6 is 0 Å². The first-order chi connectivity index (χ1) is 20.1. The summed E-state index contributed by atoms with van der Waals surface area (Å²) in [6.07, 6.45) is 2.57. The van der Waals surface area contributed by atoms with Gasteiger partial charge in [-0.1, -0.05) is 57.7 Å². The van der Waals surface area contributed by atoms with Crippen molar-refractivity contribution >= 4 is 30.0 Å². The molecule has 1 aromatic carbocycles. The Balaban J connectivity index is 1.77. The second kappa shape index (κ2) is 12.5. The maximum absolute atomic E-state index is 12.9. The third-order valence-electron chi connectivity index (χ3n) is 9.82. The molecule has 0 N–H and O–H groups in total. The first-order valence-corrected chi connectivity index (χ1v) is 15.0. The molecule has 4 rings (SSSR count).